The molecule has 1 heterocycles. The van der Waals surface area contributed by atoms with Crippen LogP contribution in [-0.4, -0.2) is 38.2 Å². The van der Waals surface area contributed by atoms with E-state index < -0.39 is 0 Å². The van der Waals surface area contributed by atoms with Crippen molar-refractivity contribution in [3.05, 3.63) is 78.6 Å². The highest BCUT2D eigenvalue weighted by Gasteiger charge is 2.14. The van der Waals surface area contributed by atoms with Crippen LogP contribution in [0.15, 0.2) is 72.9 Å². The van der Waals surface area contributed by atoms with Gasteiger partial charge in [-0.3, -0.25) is 4.79 Å². The second-order valence-corrected chi connectivity index (χ2v) is 6.08. The predicted molar refractivity (Wildman–Crippen MR) is 110 cm³/mol. The number of aromatic nitrogens is 1. The number of hydrogen-bond acceptors (Lipinski definition) is 5. The third kappa shape index (κ3) is 5.01. The van der Waals surface area contributed by atoms with Crippen molar-refractivity contribution in [2.75, 3.05) is 37.5 Å². The van der Waals surface area contributed by atoms with Gasteiger partial charge in [0.05, 0.1) is 19.0 Å². The Morgan fingerprint density at radius 3 is 2.36 bits per heavy atom. The number of ether oxygens (including phenoxy) is 2. The van der Waals surface area contributed by atoms with Gasteiger partial charge in [-0.25, -0.2) is 4.98 Å². The summed E-state index contributed by atoms with van der Waals surface area (Å²) in [7, 11) is 3.37. The average molecular weight is 377 g/mol. The third-order valence-corrected chi connectivity index (χ3v) is 4.19. The Bertz CT molecular complexity index is 881. The number of carbonyl (C=O) groups is 1. The van der Waals surface area contributed by atoms with Gasteiger partial charge in [-0.05, 0) is 48.5 Å². The van der Waals surface area contributed by atoms with Gasteiger partial charge in [-0.1, -0.05) is 18.2 Å². The van der Waals surface area contributed by atoms with Gasteiger partial charge in [0.25, 0.3) is 5.91 Å². The largest absolute Gasteiger partial charge is 0.497 e. The standard InChI is InChI=1S/C22H23N3O3/c1-25(18-6-4-3-5-7-18)22(26)21-13-8-17(16-24-21)23-14-15-28-20-11-9-19(27-2)10-12-20/h3-13,16,23H,14-15H2,1-2H3. The van der Waals surface area contributed by atoms with Crippen LogP contribution in [0.2, 0.25) is 0 Å². The molecular weight excluding hydrogens is 354 g/mol. The molecule has 6 heteroatoms. The van der Waals surface area contributed by atoms with E-state index >= 15 is 0 Å². The molecule has 3 aromatic rings. The number of amides is 1. The summed E-state index contributed by atoms with van der Waals surface area (Å²) in [5, 5.41) is 3.23. The number of carbonyl (C=O) groups excluding carboxylic acids is 1. The van der Waals surface area contributed by atoms with Gasteiger partial charge in [0, 0.05) is 19.3 Å². The molecule has 0 saturated carbocycles. The Morgan fingerprint density at radius 2 is 1.71 bits per heavy atom. The quantitative estimate of drug-likeness (QED) is 0.604. The lowest BCUT2D eigenvalue weighted by molar-refractivity contribution is 0.0988. The molecule has 0 atom stereocenters. The molecular formula is C22H23N3O3. The van der Waals surface area contributed by atoms with Crippen molar-refractivity contribution in [2.24, 2.45) is 0 Å². The van der Waals surface area contributed by atoms with E-state index in [1.807, 2.05) is 60.7 Å². The minimum Gasteiger partial charge on any atom is -0.497 e. The Labute approximate surface area is 164 Å². The van der Waals surface area contributed by atoms with E-state index in [0.29, 0.717) is 18.8 Å². The number of para-hydroxylation sites is 1. The molecule has 28 heavy (non-hydrogen) atoms. The minimum atomic E-state index is -0.152. The molecule has 1 amide bonds. The predicted octanol–water partition coefficient (Wildman–Crippen LogP) is 3.86. The summed E-state index contributed by atoms with van der Waals surface area (Å²) in [5.74, 6) is 1.43. The summed E-state index contributed by atoms with van der Waals surface area (Å²) in [4.78, 5) is 18.4. The Morgan fingerprint density at radius 1 is 1.00 bits per heavy atom. The Kier molecular flexibility index (Phi) is 6.46. The fourth-order valence-corrected chi connectivity index (χ4v) is 2.60. The summed E-state index contributed by atoms with van der Waals surface area (Å²) in [6.07, 6.45) is 1.65. The number of benzene rings is 2. The molecule has 0 bridgehead atoms. The average Bonchev–Trinajstić information content (AvgIpc) is 2.77. The second kappa shape index (κ2) is 9.41. The molecule has 1 aromatic heterocycles. The number of rotatable bonds is 8. The van der Waals surface area contributed by atoms with Gasteiger partial charge in [0.2, 0.25) is 0 Å². The summed E-state index contributed by atoms with van der Waals surface area (Å²) in [6.45, 7) is 1.12. The van der Waals surface area contributed by atoms with Crippen LogP contribution in [-0.2, 0) is 0 Å². The molecule has 0 aliphatic carbocycles. The molecule has 0 spiro atoms. The summed E-state index contributed by atoms with van der Waals surface area (Å²) < 4.78 is 10.8. The fourth-order valence-electron chi connectivity index (χ4n) is 2.60. The third-order valence-electron chi connectivity index (χ3n) is 4.19. The lowest BCUT2D eigenvalue weighted by Crippen LogP contribution is -2.27. The highest BCUT2D eigenvalue weighted by molar-refractivity contribution is 6.04. The number of anilines is 2. The topological polar surface area (TPSA) is 63.7 Å². The molecule has 6 nitrogen and oxygen atoms in total. The lowest BCUT2D eigenvalue weighted by atomic mass is 10.2. The van der Waals surface area contributed by atoms with E-state index in [0.717, 1.165) is 22.9 Å². The van der Waals surface area contributed by atoms with Gasteiger partial charge in [-0.15, -0.1) is 0 Å². The molecule has 3 rings (SSSR count). The van der Waals surface area contributed by atoms with Gasteiger partial charge < -0.3 is 19.7 Å². The number of pyridine rings is 1. The maximum absolute atomic E-state index is 12.5. The van der Waals surface area contributed by atoms with Crippen LogP contribution in [0.1, 0.15) is 10.5 Å². The lowest BCUT2D eigenvalue weighted by Gasteiger charge is -2.17. The zero-order valence-electron chi connectivity index (χ0n) is 16.0. The maximum Gasteiger partial charge on any atom is 0.276 e. The first kappa shape index (κ1) is 19.2. The normalized spacial score (nSPS) is 10.2. The number of nitrogens with one attached hydrogen (secondary N) is 1. The highest BCUT2D eigenvalue weighted by Crippen LogP contribution is 2.17. The van der Waals surface area contributed by atoms with Crippen LogP contribution in [0.4, 0.5) is 11.4 Å². The van der Waals surface area contributed by atoms with Gasteiger partial charge in [0.15, 0.2) is 0 Å². The van der Waals surface area contributed by atoms with E-state index in [2.05, 4.69) is 10.3 Å². The first-order valence-corrected chi connectivity index (χ1v) is 8.97. The second-order valence-electron chi connectivity index (χ2n) is 6.08. The van der Waals surface area contributed by atoms with Crippen LogP contribution < -0.4 is 19.7 Å². The number of methoxy groups -OCH3 is 1. The summed E-state index contributed by atoms with van der Waals surface area (Å²) >= 11 is 0. The Hall–Kier alpha value is -3.54. The van der Waals surface area contributed by atoms with Crippen LogP contribution in [0.5, 0.6) is 11.5 Å². The smallest absolute Gasteiger partial charge is 0.276 e. The molecule has 0 aliphatic heterocycles. The van der Waals surface area contributed by atoms with Crippen molar-refractivity contribution in [3.8, 4) is 11.5 Å². The van der Waals surface area contributed by atoms with Crippen molar-refractivity contribution in [2.45, 2.75) is 0 Å². The molecule has 0 aliphatic rings. The van der Waals surface area contributed by atoms with Crippen LogP contribution in [0.3, 0.4) is 0 Å². The zero-order chi connectivity index (χ0) is 19.8. The first-order valence-electron chi connectivity index (χ1n) is 8.97. The molecule has 2 aromatic carbocycles. The van der Waals surface area contributed by atoms with Crippen molar-refractivity contribution < 1.29 is 14.3 Å². The van der Waals surface area contributed by atoms with Crippen LogP contribution in [0, 0.1) is 0 Å². The van der Waals surface area contributed by atoms with Gasteiger partial charge in [-0.2, -0.15) is 0 Å². The van der Waals surface area contributed by atoms with Crippen molar-refractivity contribution in [3.63, 3.8) is 0 Å². The molecule has 0 unspecified atom stereocenters. The van der Waals surface area contributed by atoms with E-state index in [1.165, 1.54) is 0 Å². The van der Waals surface area contributed by atoms with E-state index in [-0.39, 0.29) is 5.91 Å². The van der Waals surface area contributed by atoms with Gasteiger partial charge in [0.1, 0.15) is 23.8 Å². The Balaban J connectivity index is 1.48. The zero-order valence-corrected chi connectivity index (χ0v) is 16.0. The van der Waals surface area contributed by atoms with Crippen molar-refractivity contribution in [1.29, 1.82) is 0 Å². The maximum atomic E-state index is 12.5. The van der Waals surface area contributed by atoms with E-state index in [9.17, 15) is 4.79 Å². The molecule has 0 saturated heterocycles. The number of nitrogens with zero attached hydrogens (tertiary/aromatic N) is 2. The SMILES string of the molecule is COc1ccc(OCCNc2ccc(C(=O)N(C)c3ccccc3)nc2)cc1. The monoisotopic (exact) mass is 377 g/mol. The molecule has 0 radical (unpaired) electrons. The minimum absolute atomic E-state index is 0.152. The molecule has 0 fully saturated rings. The molecule has 144 valence electrons. The first-order chi connectivity index (χ1) is 13.7. The van der Waals surface area contributed by atoms with E-state index in [4.69, 9.17) is 9.47 Å². The van der Waals surface area contributed by atoms with Crippen LogP contribution >= 0.6 is 0 Å². The van der Waals surface area contributed by atoms with Crippen molar-refractivity contribution >= 4 is 17.3 Å². The summed E-state index contributed by atoms with van der Waals surface area (Å²) in [6, 6.07) is 20.5. The van der Waals surface area contributed by atoms with Crippen LogP contribution in [0.25, 0.3) is 0 Å². The van der Waals surface area contributed by atoms with Gasteiger partial charge >= 0.3 is 0 Å². The highest BCUT2D eigenvalue weighted by atomic mass is 16.5. The fraction of sp³-hybridized carbons (Fsp3) is 0.182. The van der Waals surface area contributed by atoms with E-state index in [1.54, 1.807) is 31.3 Å². The molecule has 1 N–H and O–H groups in total. The number of hydrogen-bond donors (Lipinski definition) is 1. The van der Waals surface area contributed by atoms with Crippen molar-refractivity contribution in [1.82, 2.24) is 4.98 Å². The summed E-state index contributed by atoms with van der Waals surface area (Å²) in [5.41, 5.74) is 2.05.